The lowest BCUT2D eigenvalue weighted by Crippen LogP contribution is -2.27. The van der Waals surface area contributed by atoms with Gasteiger partial charge in [-0.15, -0.1) is 0 Å². The van der Waals surface area contributed by atoms with Crippen molar-refractivity contribution in [2.75, 3.05) is 18.1 Å². The first-order valence-corrected chi connectivity index (χ1v) is 8.72. The molecule has 2 atom stereocenters. The molecule has 1 aliphatic heterocycles. The summed E-state index contributed by atoms with van der Waals surface area (Å²) in [6.07, 6.45) is 4.66. The number of aromatic nitrogens is 4. The summed E-state index contributed by atoms with van der Waals surface area (Å²) in [4.78, 5) is 18.2. The SMILES string of the molecule is C[C@@H](N)COc1ncc(F)cc1[C@H]1CCCN1c1ccc2nc[nH]c2n1. The Kier molecular flexibility index (Phi) is 4.42. The molecule has 0 spiro atoms. The molecule has 0 bridgehead atoms. The van der Waals surface area contributed by atoms with Gasteiger partial charge in [0, 0.05) is 18.2 Å². The second kappa shape index (κ2) is 6.87. The molecule has 0 unspecified atom stereocenters. The fraction of sp³-hybridized carbons (Fsp3) is 0.389. The van der Waals surface area contributed by atoms with E-state index < -0.39 is 0 Å². The predicted molar refractivity (Wildman–Crippen MR) is 96.5 cm³/mol. The Morgan fingerprint density at radius 1 is 1.42 bits per heavy atom. The van der Waals surface area contributed by atoms with Crippen LogP contribution in [0.25, 0.3) is 11.2 Å². The Hall–Kier alpha value is -2.74. The third kappa shape index (κ3) is 3.20. The van der Waals surface area contributed by atoms with Gasteiger partial charge in [0.25, 0.3) is 0 Å². The number of nitrogens with two attached hydrogens (primary N) is 1. The highest BCUT2D eigenvalue weighted by Gasteiger charge is 2.30. The molecule has 0 aliphatic carbocycles. The van der Waals surface area contributed by atoms with Gasteiger partial charge in [0.05, 0.1) is 18.6 Å². The summed E-state index contributed by atoms with van der Waals surface area (Å²) in [6, 6.07) is 5.20. The number of imidazole rings is 1. The van der Waals surface area contributed by atoms with Crippen molar-refractivity contribution >= 4 is 17.0 Å². The van der Waals surface area contributed by atoms with Gasteiger partial charge in [-0.25, -0.2) is 19.3 Å². The number of hydrogen-bond donors (Lipinski definition) is 2. The fourth-order valence-electron chi connectivity index (χ4n) is 3.35. The number of fused-ring (bicyclic) bond motifs is 1. The van der Waals surface area contributed by atoms with Crippen molar-refractivity contribution < 1.29 is 9.13 Å². The monoisotopic (exact) mass is 356 g/mol. The topological polar surface area (TPSA) is 93.0 Å². The van der Waals surface area contributed by atoms with Crippen LogP contribution in [0, 0.1) is 5.82 Å². The highest BCUT2D eigenvalue weighted by atomic mass is 19.1. The van der Waals surface area contributed by atoms with E-state index in [1.807, 2.05) is 19.1 Å². The Morgan fingerprint density at radius 3 is 3.15 bits per heavy atom. The minimum absolute atomic E-state index is 0.0471. The van der Waals surface area contributed by atoms with Gasteiger partial charge in [-0.2, -0.15) is 0 Å². The molecule has 0 aromatic carbocycles. The number of aromatic amines is 1. The minimum Gasteiger partial charge on any atom is -0.476 e. The van der Waals surface area contributed by atoms with Gasteiger partial charge in [0.2, 0.25) is 5.88 Å². The minimum atomic E-state index is -0.378. The van der Waals surface area contributed by atoms with Gasteiger partial charge in [-0.05, 0) is 38.0 Å². The Labute approximate surface area is 150 Å². The quantitative estimate of drug-likeness (QED) is 0.730. The number of anilines is 1. The van der Waals surface area contributed by atoms with Gasteiger partial charge >= 0.3 is 0 Å². The molecule has 26 heavy (non-hydrogen) atoms. The molecular formula is C18H21FN6O. The van der Waals surface area contributed by atoms with Crippen molar-refractivity contribution in [1.29, 1.82) is 0 Å². The van der Waals surface area contributed by atoms with Crippen LogP contribution in [-0.4, -0.2) is 39.1 Å². The molecule has 1 fully saturated rings. The smallest absolute Gasteiger partial charge is 0.218 e. The zero-order chi connectivity index (χ0) is 18.1. The normalized spacial score (nSPS) is 18.4. The van der Waals surface area contributed by atoms with Gasteiger partial charge in [-0.3, -0.25) is 0 Å². The summed E-state index contributed by atoms with van der Waals surface area (Å²) in [6.45, 7) is 3.02. The van der Waals surface area contributed by atoms with E-state index in [-0.39, 0.29) is 17.9 Å². The number of H-pyrrole nitrogens is 1. The van der Waals surface area contributed by atoms with Crippen LogP contribution in [0.4, 0.5) is 10.2 Å². The van der Waals surface area contributed by atoms with Crippen molar-refractivity contribution in [2.24, 2.45) is 5.73 Å². The van der Waals surface area contributed by atoms with Crippen molar-refractivity contribution in [3.8, 4) is 5.88 Å². The third-order valence-electron chi connectivity index (χ3n) is 4.50. The van der Waals surface area contributed by atoms with Crippen molar-refractivity contribution in [3.63, 3.8) is 0 Å². The van der Waals surface area contributed by atoms with Crippen LogP contribution in [0.3, 0.4) is 0 Å². The number of nitrogens with one attached hydrogen (secondary N) is 1. The van der Waals surface area contributed by atoms with E-state index in [0.29, 0.717) is 12.5 Å². The van der Waals surface area contributed by atoms with Gasteiger partial charge in [-0.1, -0.05) is 0 Å². The van der Waals surface area contributed by atoms with Crippen LogP contribution < -0.4 is 15.4 Å². The van der Waals surface area contributed by atoms with Crippen LogP contribution >= 0.6 is 0 Å². The number of rotatable bonds is 5. The number of halogens is 1. The summed E-state index contributed by atoms with van der Waals surface area (Å²) in [5.41, 5.74) is 8.06. The Balaban J connectivity index is 1.68. The lowest BCUT2D eigenvalue weighted by Gasteiger charge is -2.27. The van der Waals surface area contributed by atoms with Gasteiger partial charge in [0.15, 0.2) is 5.65 Å². The Morgan fingerprint density at radius 2 is 2.31 bits per heavy atom. The van der Waals surface area contributed by atoms with Gasteiger partial charge < -0.3 is 20.4 Å². The maximum absolute atomic E-state index is 13.9. The first kappa shape index (κ1) is 16.7. The van der Waals surface area contributed by atoms with Crippen LogP contribution in [0.5, 0.6) is 5.88 Å². The lowest BCUT2D eigenvalue weighted by molar-refractivity contribution is 0.279. The molecule has 3 aromatic rings. The van der Waals surface area contributed by atoms with Crippen LogP contribution in [0.15, 0.2) is 30.7 Å². The third-order valence-corrected chi connectivity index (χ3v) is 4.50. The average Bonchev–Trinajstić information content (AvgIpc) is 3.28. The van der Waals surface area contributed by atoms with E-state index >= 15 is 0 Å². The number of nitrogens with zero attached hydrogens (tertiary/aromatic N) is 4. The second-order valence-corrected chi connectivity index (χ2v) is 6.63. The molecule has 8 heteroatoms. The summed E-state index contributed by atoms with van der Waals surface area (Å²) < 4.78 is 19.6. The maximum atomic E-state index is 13.9. The molecule has 136 valence electrons. The summed E-state index contributed by atoms with van der Waals surface area (Å²) in [7, 11) is 0. The molecule has 1 aliphatic rings. The maximum Gasteiger partial charge on any atom is 0.218 e. The molecule has 4 rings (SSSR count). The number of hydrogen-bond acceptors (Lipinski definition) is 6. The molecular weight excluding hydrogens is 335 g/mol. The first-order chi connectivity index (χ1) is 12.6. The number of ether oxygens (including phenoxy) is 1. The van der Waals surface area contributed by atoms with Crippen LogP contribution in [0.1, 0.15) is 31.4 Å². The molecule has 7 nitrogen and oxygen atoms in total. The number of pyridine rings is 2. The summed E-state index contributed by atoms with van der Waals surface area (Å²) >= 11 is 0. The molecule has 0 saturated carbocycles. The largest absolute Gasteiger partial charge is 0.476 e. The van der Waals surface area contributed by atoms with Crippen LogP contribution in [0.2, 0.25) is 0 Å². The zero-order valence-electron chi connectivity index (χ0n) is 14.5. The summed E-state index contributed by atoms with van der Waals surface area (Å²) in [5, 5.41) is 0. The molecule has 3 aromatic heterocycles. The van der Waals surface area contributed by atoms with E-state index in [4.69, 9.17) is 10.5 Å². The van der Waals surface area contributed by atoms with Crippen molar-refractivity contribution in [1.82, 2.24) is 19.9 Å². The zero-order valence-corrected chi connectivity index (χ0v) is 14.5. The molecule has 4 heterocycles. The van der Waals surface area contributed by atoms with Crippen molar-refractivity contribution in [3.05, 3.63) is 42.1 Å². The molecule has 1 saturated heterocycles. The van der Waals surface area contributed by atoms with Gasteiger partial charge in [0.1, 0.15) is 23.8 Å². The van der Waals surface area contributed by atoms with E-state index in [0.717, 1.165) is 41.9 Å². The summed E-state index contributed by atoms with van der Waals surface area (Å²) in [5.74, 6) is 0.881. The average molecular weight is 356 g/mol. The van der Waals surface area contributed by atoms with E-state index in [1.54, 1.807) is 6.33 Å². The highest BCUT2D eigenvalue weighted by molar-refractivity contribution is 5.72. The van der Waals surface area contributed by atoms with E-state index in [1.165, 1.54) is 12.3 Å². The van der Waals surface area contributed by atoms with Crippen LogP contribution in [-0.2, 0) is 0 Å². The molecule has 0 radical (unpaired) electrons. The predicted octanol–water partition coefficient (Wildman–Crippen LogP) is 2.56. The Bertz CT molecular complexity index is 912. The molecule has 0 amide bonds. The first-order valence-electron chi connectivity index (χ1n) is 8.72. The van der Waals surface area contributed by atoms with E-state index in [2.05, 4.69) is 24.8 Å². The van der Waals surface area contributed by atoms with E-state index in [9.17, 15) is 4.39 Å². The standard InChI is InChI=1S/C18H21FN6O/c1-11(20)9-26-18-13(7-12(19)8-21-18)15-3-2-6-25(15)16-5-4-14-17(24-16)23-10-22-14/h4-5,7-8,10-11,15H,2-3,6,9,20H2,1H3,(H,22,23,24)/t11-,15-/m1/s1. The highest BCUT2D eigenvalue weighted by Crippen LogP contribution is 2.39. The second-order valence-electron chi connectivity index (χ2n) is 6.63. The fourth-order valence-corrected chi connectivity index (χ4v) is 3.35. The van der Waals surface area contributed by atoms with Crippen molar-refractivity contribution in [2.45, 2.75) is 31.8 Å². The lowest BCUT2D eigenvalue weighted by atomic mass is 10.1. The molecule has 3 N–H and O–H groups in total.